The van der Waals surface area contributed by atoms with Crippen LogP contribution in [0.5, 0.6) is 0 Å². The molecule has 0 aromatic carbocycles. The van der Waals surface area contributed by atoms with Gasteiger partial charge in [0.15, 0.2) is 0 Å². The molecule has 0 aliphatic heterocycles. The van der Waals surface area contributed by atoms with Crippen LogP contribution in [-0.4, -0.2) is 27.0 Å². The zero-order chi connectivity index (χ0) is 8.44. The van der Waals surface area contributed by atoms with Crippen LogP contribution in [0, 0.1) is 0 Å². The summed E-state index contributed by atoms with van der Waals surface area (Å²) in [6, 6.07) is 0. The Labute approximate surface area is 61.9 Å². The summed E-state index contributed by atoms with van der Waals surface area (Å²) in [5.74, 6) is 0. The molecule has 64 valence electrons. The predicted octanol–water partition coefficient (Wildman–Crippen LogP) is 1.08. The third kappa shape index (κ3) is 3.47. The fourth-order valence-corrected chi connectivity index (χ4v) is 1.58. The average molecular weight is 168 g/mol. The van der Waals surface area contributed by atoms with Crippen LogP contribution < -0.4 is 0 Å². The Balaban J connectivity index is 4.06. The van der Waals surface area contributed by atoms with Crippen molar-refractivity contribution in [2.45, 2.75) is 32.3 Å². The van der Waals surface area contributed by atoms with Crippen molar-refractivity contribution in [3.63, 3.8) is 0 Å². The van der Waals surface area contributed by atoms with E-state index in [1.807, 2.05) is 6.92 Å². The summed E-state index contributed by atoms with van der Waals surface area (Å²) in [6.45, 7) is 4.73. The number of hydrogen-bond acceptors (Lipinski definition) is 3. The zero-order valence-corrected chi connectivity index (χ0v) is 7.67. The molecule has 1 atom stereocenters. The van der Waals surface area contributed by atoms with Crippen LogP contribution in [0.15, 0.2) is 0 Å². The van der Waals surface area contributed by atoms with Gasteiger partial charge in [-0.15, -0.1) is 0 Å². The average Bonchev–Trinajstić information content (AvgIpc) is 1.62. The van der Waals surface area contributed by atoms with Gasteiger partial charge in [-0.05, 0) is 0 Å². The van der Waals surface area contributed by atoms with Gasteiger partial charge in [-0.1, -0.05) is 0 Å². The molecular weight excluding hydrogens is 151 g/mol. The fourth-order valence-electron chi connectivity index (χ4n) is 0.720. The summed E-state index contributed by atoms with van der Waals surface area (Å²) >= 11 is 0. The first-order valence-corrected chi connectivity index (χ1v) is 6.11. The summed E-state index contributed by atoms with van der Waals surface area (Å²) in [5, 5.41) is 0. The van der Waals surface area contributed by atoms with Gasteiger partial charge < -0.3 is 0 Å². The molecule has 0 saturated heterocycles. The predicted molar refractivity (Wildman–Crippen MR) is 43.9 cm³/mol. The van der Waals surface area contributed by atoms with E-state index in [9.17, 15) is 0 Å². The third-order valence-corrected chi connectivity index (χ3v) is 4.06. The van der Waals surface area contributed by atoms with Crippen LogP contribution >= 0.6 is 7.28 Å². The van der Waals surface area contributed by atoms with Crippen molar-refractivity contribution in [3.8, 4) is 0 Å². The molecule has 0 spiro atoms. The Morgan fingerprint density at radius 1 is 1.30 bits per heavy atom. The van der Waals surface area contributed by atoms with Crippen LogP contribution in [0.25, 0.3) is 0 Å². The normalized spacial score (nSPS) is 19.6. The molecule has 0 rings (SSSR count). The molecule has 0 aromatic rings. The van der Waals surface area contributed by atoms with Crippen LogP contribution in [0.3, 0.4) is 0 Å². The molecule has 0 aliphatic rings. The van der Waals surface area contributed by atoms with Crippen LogP contribution in [0.4, 0.5) is 0 Å². The van der Waals surface area contributed by atoms with E-state index in [1.165, 1.54) is 0 Å². The van der Waals surface area contributed by atoms with Gasteiger partial charge in [0.25, 0.3) is 0 Å². The van der Waals surface area contributed by atoms with Crippen molar-refractivity contribution in [1.29, 1.82) is 0 Å². The third-order valence-electron chi connectivity index (χ3n) is 1.74. The van der Waals surface area contributed by atoms with Gasteiger partial charge in [0.2, 0.25) is 0 Å². The van der Waals surface area contributed by atoms with Crippen molar-refractivity contribution in [2.75, 3.05) is 6.66 Å². The van der Waals surface area contributed by atoms with Gasteiger partial charge in [0, 0.05) is 0 Å². The fraction of sp³-hybridized carbons (Fsp3) is 1.00. The summed E-state index contributed by atoms with van der Waals surface area (Å²) in [4.78, 5) is 27.4. The standard InChI is InChI=1S/C6H17O3P/c1-4-5-6(2)10(3,7,8)9/h6-9H,4-5H2,1-3H3. The van der Waals surface area contributed by atoms with Crippen LogP contribution in [-0.2, 0) is 0 Å². The van der Waals surface area contributed by atoms with E-state index in [-0.39, 0.29) is 0 Å². The van der Waals surface area contributed by atoms with Crippen LogP contribution in [0.2, 0.25) is 0 Å². The monoisotopic (exact) mass is 168 g/mol. The quantitative estimate of drug-likeness (QED) is 0.552. The molecule has 0 heterocycles. The van der Waals surface area contributed by atoms with E-state index >= 15 is 0 Å². The second-order valence-electron chi connectivity index (χ2n) is 3.11. The summed E-state index contributed by atoms with van der Waals surface area (Å²) in [7, 11) is -4.24. The molecule has 0 bridgehead atoms. The van der Waals surface area contributed by atoms with Gasteiger partial charge in [-0.3, -0.25) is 0 Å². The second-order valence-corrected chi connectivity index (χ2v) is 6.94. The van der Waals surface area contributed by atoms with Gasteiger partial charge in [-0.25, -0.2) is 0 Å². The Morgan fingerprint density at radius 3 is 1.80 bits per heavy atom. The van der Waals surface area contributed by atoms with E-state index in [1.54, 1.807) is 6.92 Å². The summed E-state index contributed by atoms with van der Waals surface area (Å²) in [6.07, 6.45) is 1.51. The number of hydrogen-bond donors (Lipinski definition) is 3. The Hall–Kier alpha value is 0.310. The molecule has 4 heteroatoms. The van der Waals surface area contributed by atoms with Crippen molar-refractivity contribution < 1.29 is 14.7 Å². The molecule has 0 aliphatic carbocycles. The zero-order valence-electron chi connectivity index (χ0n) is 6.78. The topological polar surface area (TPSA) is 60.7 Å². The van der Waals surface area contributed by atoms with E-state index in [2.05, 4.69) is 0 Å². The molecule has 3 N–H and O–H groups in total. The molecule has 1 unspecified atom stereocenters. The first kappa shape index (κ1) is 10.3. The Kier molecular flexibility index (Phi) is 2.83. The molecule has 0 aromatic heterocycles. The molecule has 0 radical (unpaired) electrons. The first-order valence-electron chi connectivity index (χ1n) is 3.50. The van der Waals surface area contributed by atoms with E-state index in [0.29, 0.717) is 6.42 Å². The maximum absolute atomic E-state index is 9.12. The first-order chi connectivity index (χ1) is 4.24. The maximum atomic E-state index is 9.12. The molecule has 0 fully saturated rings. The molecule has 3 nitrogen and oxygen atoms in total. The van der Waals surface area contributed by atoms with Crippen LogP contribution in [0.1, 0.15) is 26.7 Å². The van der Waals surface area contributed by atoms with Crippen molar-refractivity contribution in [2.24, 2.45) is 0 Å². The van der Waals surface area contributed by atoms with E-state index in [0.717, 1.165) is 13.1 Å². The minimum absolute atomic E-state index is 0.393. The van der Waals surface area contributed by atoms with Crippen molar-refractivity contribution in [3.05, 3.63) is 0 Å². The minimum atomic E-state index is -4.24. The summed E-state index contributed by atoms with van der Waals surface area (Å²) in [5.41, 5.74) is -0.393. The summed E-state index contributed by atoms with van der Waals surface area (Å²) < 4.78 is 0. The Morgan fingerprint density at radius 2 is 1.70 bits per heavy atom. The van der Waals surface area contributed by atoms with Crippen molar-refractivity contribution >= 4 is 7.28 Å². The molecular formula is C6H17O3P. The van der Waals surface area contributed by atoms with Gasteiger partial charge in [0.05, 0.1) is 0 Å². The molecule has 0 amide bonds. The Bertz CT molecular complexity index is 107. The van der Waals surface area contributed by atoms with Gasteiger partial charge in [0.1, 0.15) is 0 Å². The van der Waals surface area contributed by atoms with Gasteiger partial charge >= 0.3 is 61.0 Å². The second kappa shape index (κ2) is 2.74. The van der Waals surface area contributed by atoms with E-state index in [4.69, 9.17) is 14.7 Å². The van der Waals surface area contributed by atoms with E-state index < -0.39 is 12.9 Å². The van der Waals surface area contributed by atoms with Gasteiger partial charge in [-0.2, -0.15) is 0 Å². The van der Waals surface area contributed by atoms with Crippen molar-refractivity contribution in [1.82, 2.24) is 0 Å². The molecule has 0 saturated carbocycles. The number of rotatable bonds is 3. The SMILES string of the molecule is CCCC(C)P(C)(O)(O)O. The molecule has 10 heavy (non-hydrogen) atoms.